The van der Waals surface area contributed by atoms with Crippen molar-refractivity contribution in [2.24, 2.45) is 0 Å². The van der Waals surface area contributed by atoms with E-state index in [1.54, 1.807) is 0 Å². The zero-order chi connectivity index (χ0) is 33.1. The maximum absolute atomic E-state index is 5.36. The van der Waals surface area contributed by atoms with E-state index >= 15 is 0 Å². The molecule has 8 aromatic rings. The fourth-order valence-electron chi connectivity index (χ4n) is 8.81. The van der Waals surface area contributed by atoms with Crippen LogP contribution in [0.1, 0.15) is 49.9 Å². The number of aromatic nitrogens is 3. The molecule has 0 fully saturated rings. The minimum Gasteiger partial charge on any atom is -0.309 e. The summed E-state index contributed by atoms with van der Waals surface area (Å²) in [4.78, 5) is 10.6. The van der Waals surface area contributed by atoms with Gasteiger partial charge in [0.1, 0.15) is 0 Å². The van der Waals surface area contributed by atoms with E-state index in [2.05, 4.69) is 172 Å². The molecular formula is C46H35N3. The fourth-order valence-corrected chi connectivity index (χ4v) is 8.81. The average molecular weight is 630 g/mol. The van der Waals surface area contributed by atoms with Gasteiger partial charge >= 0.3 is 0 Å². The summed E-state index contributed by atoms with van der Waals surface area (Å²) in [5.41, 5.74) is 16.8. The monoisotopic (exact) mass is 629 g/mol. The van der Waals surface area contributed by atoms with Gasteiger partial charge in [0.2, 0.25) is 0 Å². The van der Waals surface area contributed by atoms with Crippen molar-refractivity contribution in [3.05, 3.63) is 162 Å². The lowest BCUT2D eigenvalue weighted by Crippen LogP contribution is -2.15. The molecule has 0 bridgehead atoms. The molecule has 0 spiro atoms. The van der Waals surface area contributed by atoms with E-state index in [1.165, 1.54) is 55.5 Å². The quantitative estimate of drug-likeness (QED) is 0.195. The molecule has 234 valence electrons. The molecule has 3 nitrogen and oxygen atoms in total. The molecule has 2 heterocycles. The van der Waals surface area contributed by atoms with Crippen molar-refractivity contribution in [3.63, 3.8) is 0 Å². The molecule has 2 aliphatic rings. The third-order valence-electron chi connectivity index (χ3n) is 11.2. The van der Waals surface area contributed by atoms with Crippen molar-refractivity contribution in [1.29, 1.82) is 0 Å². The van der Waals surface area contributed by atoms with E-state index in [1.807, 2.05) is 0 Å². The number of hydrogen-bond donors (Lipinski definition) is 0. The minimum absolute atomic E-state index is 0.0943. The lowest BCUT2D eigenvalue weighted by molar-refractivity contribution is 0.660. The number of rotatable bonds is 3. The fraction of sp³-hybridized carbons (Fsp3) is 0.130. The number of nitrogens with zero attached hydrogens (tertiary/aromatic N) is 3. The van der Waals surface area contributed by atoms with Crippen LogP contribution in [0.3, 0.4) is 0 Å². The highest BCUT2D eigenvalue weighted by atomic mass is 15.0. The molecule has 3 heteroatoms. The zero-order valence-electron chi connectivity index (χ0n) is 28.1. The van der Waals surface area contributed by atoms with Crippen molar-refractivity contribution >= 4 is 21.8 Å². The van der Waals surface area contributed by atoms with E-state index in [-0.39, 0.29) is 10.8 Å². The molecule has 6 aromatic carbocycles. The Morgan fingerprint density at radius 2 is 1.16 bits per heavy atom. The molecule has 0 aliphatic heterocycles. The van der Waals surface area contributed by atoms with E-state index in [0.29, 0.717) is 0 Å². The summed E-state index contributed by atoms with van der Waals surface area (Å²) in [6.07, 6.45) is 0. The molecule has 49 heavy (non-hydrogen) atoms. The first-order valence-electron chi connectivity index (χ1n) is 17.2. The van der Waals surface area contributed by atoms with Crippen molar-refractivity contribution in [2.75, 3.05) is 0 Å². The van der Waals surface area contributed by atoms with Gasteiger partial charge < -0.3 is 4.57 Å². The first-order chi connectivity index (χ1) is 23.8. The van der Waals surface area contributed by atoms with Crippen LogP contribution >= 0.6 is 0 Å². The van der Waals surface area contributed by atoms with Gasteiger partial charge in [0.05, 0.1) is 22.4 Å². The van der Waals surface area contributed by atoms with E-state index in [0.717, 1.165) is 39.2 Å². The highest BCUT2D eigenvalue weighted by molar-refractivity contribution is 6.01. The predicted octanol–water partition coefficient (Wildman–Crippen LogP) is 11.5. The van der Waals surface area contributed by atoms with E-state index in [9.17, 15) is 0 Å². The lowest BCUT2D eigenvalue weighted by atomic mass is 9.81. The first kappa shape index (κ1) is 28.2. The van der Waals surface area contributed by atoms with Crippen LogP contribution in [0.4, 0.5) is 0 Å². The second kappa shape index (κ2) is 9.87. The van der Waals surface area contributed by atoms with E-state index in [4.69, 9.17) is 9.97 Å². The molecule has 0 unspecified atom stereocenters. The van der Waals surface area contributed by atoms with E-state index < -0.39 is 0 Å². The lowest BCUT2D eigenvalue weighted by Gasteiger charge is -2.22. The van der Waals surface area contributed by atoms with Crippen molar-refractivity contribution in [1.82, 2.24) is 14.5 Å². The Morgan fingerprint density at radius 1 is 0.490 bits per heavy atom. The third kappa shape index (κ3) is 3.84. The van der Waals surface area contributed by atoms with Crippen LogP contribution in [0.2, 0.25) is 0 Å². The zero-order valence-corrected chi connectivity index (χ0v) is 28.1. The number of benzene rings is 6. The Morgan fingerprint density at radius 3 is 1.98 bits per heavy atom. The summed E-state index contributed by atoms with van der Waals surface area (Å²) >= 11 is 0. The Balaban J connectivity index is 1.20. The van der Waals surface area contributed by atoms with Crippen LogP contribution in [0.25, 0.3) is 72.5 Å². The normalized spacial score (nSPS) is 14.9. The molecule has 2 aromatic heterocycles. The van der Waals surface area contributed by atoms with Gasteiger partial charge in [0, 0.05) is 44.0 Å². The second-order valence-electron chi connectivity index (χ2n) is 14.6. The Labute approximate surface area is 286 Å². The predicted molar refractivity (Wildman–Crippen MR) is 202 cm³/mol. The summed E-state index contributed by atoms with van der Waals surface area (Å²) < 4.78 is 2.46. The maximum Gasteiger partial charge on any atom is 0.160 e. The Bertz CT molecular complexity index is 2660. The first-order valence-corrected chi connectivity index (χ1v) is 17.2. The van der Waals surface area contributed by atoms with Gasteiger partial charge in [-0.2, -0.15) is 0 Å². The highest BCUT2D eigenvalue weighted by Crippen LogP contribution is 2.54. The average Bonchev–Trinajstić information content (AvgIpc) is 3.69. The molecule has 10 rings (SSSR count). The topological polar surface area (TPSA) is 30.7 Å². The van der Waals surface area contributed by atoms with Gasteiger partial charge in [0.15, 0.2) is 5.82 Å². The van der Waals surface area contributed by atoms with Gasteiger partial charge in [-0.3, -0.25) is 0 Å². The summed E-state index contributed by atoms with van der Waals surface area (Å²) in [6.45, 7) is 9.36. The van der Waals surface area contributed by atoms with Crippen LogP contribution in [0, 0.1) is 0 Å². The Hall–Kier alpha value is -5.80. The van der Waals surface area contributed by atoms with Gasteiger partial charge in [0.25, 0.3) is 0 Å². The van der Waals surface area contributed by atoms with Crippen molar-refractivity contribution in [3.8, 4) is 50.7 Å². The van der Waals surface area contributed by atoms with Crippen molar-refractivity contribution in [2.45, 2.75) is 38.5 Å². The molecule has 0 saturated heterocycles. The number of para-hydroxylation sites is 1. The summed E-state index contributed by atoms with van der Waals surface area (Å²) in [5, 5.41) is 2.34. The molecule has 0 atom stereocenters. The minimum atomic E-state index is -0.105. The molecule has 0 saturated carbocycles. The van der Waals surface area contributed by atoms with Crippen LogP contribution in [-0.4, -0.2) is 14.5 Å². The summed E-state index contributed by atoms with van der Waals surface area (Å²) in [6, 6.07) is 50.5. The molecule has 0 amide bonds. The van der Waals surface area contributed by atoms with Crippen molar-refractivity contribution < 1.29 is 0 Å². The van der Waals surface area contributed by atoms with Gasteiger partial charge in [-0.1, -0.05) is 137 Å². The smallest absolute Gasteiger partial charge is 0.160 e. The Kier molecular flexibility index (Phi) is 5.69. The molecular weight excluding hydrogens is 595 g/mol. The second-order valence-corrected chi connectivity index (χ2v) is 14.6. The molecule has 0 radical (unpaired) electrons. The third-order valence-corrected chi connectivity index (χ3v) is 11.2. The van der Waals surface area contributed by atoms with Crippen LogP contribution in [0.5, 0.6) is 0 Å². The van der Waals surface area contributed by atoms with Crippen LogP contribution in [-0.2, 0) is 10.8 Å². The summed E-state index contributed by atoms with van der Waals surface area (Å²) in [7, 11) is 0. The molecule has 2 aliphatic carbocycles. The molecule has 0 N–H and O–H groups in total. The number of hydrogen-bond acceptors (Lipinski definition) is 2. The van der Waals surface area contributed by atoms with Gasteiger partial charge in [-0.15, -0.1) is 0 Å². The van der Waals surface area contributed by atoms with Crippen LogP contribution in [0.15, 0.2) is 140 Å². The maximum atomic E-state index is 5.36. The SMILES string of the molecule is CC1(C)c2ccccc2-c2ccc(-c3nc(-c4ccccc4)c4cc(-n5c6c(c7ccccc75)C(C)(C)c5ccccc5-6)ccc4n3)cc21. The van der Waals surface area contributed by atoms with Crippen LogP contribution < -0.4 is 0 Å². The van der Waals surface area contributed by atoms with Gasteiger partial charge in [-0.25, -0.2) is 9.97 Å². The summed E-state index contributed by atoms with van der Waals surface area (Å²) in [5.74, 6) is 0.747. The van der Waals surface area contributed by atoms with Gasteiger partial charge in [-0.05, 0) is 63.7 Å². The number of fused-ring (bicyclic) bond motifs is 9. The largest absolute Gasteiger partial charge is 0.309 e. The highest BCUT2D eigenvalue weighted by Gasteiger charge is 2.40. The standard InChI is InChI=1S/C46H35N3/c1-45(2)36-19-11-8-16-31(36)32-24-22-29(26-38(32)45)44-47-39-25-23-30(27-35(39)42(48-44)28-14-6-5-7-15-28)49-40-21-13-10-18-34(40)41-43(49)33-17-9-12-20-37(33)46(41,3)4/h5-27H,1-4H3.